The van der Waals surface area contributed by atoms with E-state index in [0.717, 1.165) is 4.90 Å². The van der Waals surface area contributed by atoms with Crippen LogP contribution in [-0.4, -0.2) is 235 Å². The van der Waals surface area contributed by atoms with Crippen LogP contribution in [-0.2, 0) is 73.5 Å². The number of phenolic OH excluding ortho intramolecular Hbond substituents is 1. The van der Waals surface area contributed by atoms with E-state index in [9.17, 15) is 103 Å². The summed E-state index contributed by atoms with van der Waals surface area (Å²) in [6.07, 6.45) is -2.65. The molecule has 1 fully saturated rings. The Bertz CT molecular complexity index is 2850. The molecule has 0 aliphatic carbocycles. The third-order valence-corrected chi connectivity index (χ3v) is 15.7. The Morgan fingerprint density at radius 3 is 1.31 bits per heavy atom. The fourth-order valence-corrected chi connectivity index (χ4v) is 10.5. The van der Waals surface area contributed by atoms with Crippen LogP contribution in [0.1, 0.15) is 144 Å². The molecule has 2 rings (SSSR count). The quantitative estimate of drug-likeness (QED) is 0.0273. The van der Waals surface area contributed by atoms with Gasteiger partial charge in [0.05, 0.1) is 31.8 Å². The number of aliphatic hydroxyl groups excluding tert-OH is 3. The predicted molar refractivity (Wildman–Crippen MR) is 351 cm³/mol. The standard InChI is InChI=1S/C63H104N14O21/c1-32(2)25-42(56(90)68-41(20-21-49(82)83)55(89)75-47(31-79)63(97)98)71-58(92)43(26-33(3)4)70-53(87)39(13-8-10-22-64)67-57(91)44(27-34(5)6)72-60(94)48-15-12-24-77(48)62(96)45(29-50(84)85)73-59(93)46(30-78)74-54(88)40(14-9-11-23-65)69-61(95)51(35(7)80)76-52(86)38(66)28-36-16-18-37(81)19-17-36/h16-19,32-35,38-48,51,78-81H,8-15,20-31,64-66H2,1-7H3,(H,67,91)(H,68,90)(H,69,95)(H,70,87)(H,71,92)(H,72,94)(H,73,93)(H,74,88)(H,75,89)(H,76,86)(H,82,83)(H,84,85)(H,97,98)/t35-,38+,39+,40+,41+,42+,43+,44+,45+,46+,47+,48+,51+/m1/s1. The number of amides is 11. The van der Waals surface area contributed by atoms with Gasteiger partial charge in [0, 0.05) is 13.0 Å². The first-order valence-electron chi connectivity index (χ1n) is 32.9. The number of nitrogens with zero attached hydrogens (tertiary/aromatic N) is 1. The smallest absolute Gasteiger partial charge is 0.328 e. The van der Waals surface area contributed by atoms with E-state index >= 15 is 0 Å². The number of aromatic hydroxyl groups is 1. The van der Waals surface area contributed by atoms with E-state index < -0.39 is 194 Å². The number of hydrogen-bond donors (Lipinski definition) is 20. The number of aliphatic hydroxyl groups is 3. The number of carboxylic acid groups (broad SMARTS) is 3. The molecule has 0 spiro atoms. The molecule has 98 heavy (non-hydrogen) atoms. The SMILES string of the molecule is CC(C)C[C@H](NC(=O)[C@H](CC(C)C)NC(=O)[C@H](CCCCN)NC(=O)[C@H](CC(C)C)NC(=O)[C@@H]1CCCN1C(=O)[C@H](CC(=O)O)NC(=O)[C@H](CO)NC(=O)[C@H](CCCCN)NC(=O)[C@@H](NC(=O)[C@@H](N)Cc1ccc(O)cc1)[C@@H](C)O)C(=O)N[C@@H](CCC(=O)O)C(=O)N[C@@H](CO)C(=O)O. The molecule has 1 heterocycles. The Labute approximate surface area is 568 Å². The van der Waals surface area contributed by atoms with Crippen LogP contribution in [0.15, 0.2) is 24.3 Å². The number of nitrogens with one attached hydrogen (secondary N) is 10. The van der Waals surface area contributed by atoms with Crippen molar-refractivity contribution >= 4 is 82.9 Å². The molecule has 23 N–H and O–H groups in total. The lowest BCUT2D eigenvalue weighted by molar-refractivity contribution is -0.146. The van der Waals surface area contributed by atoms with Gasteiger partial charge in [-0.25, -0.2) is 4.79 Å². The molecule has 0 radical (unpaired) electrons. The number of likely N-dealkylation sites (tertiary alicyclic amines) is 1. The average molecular weight is 1390 g/mol. The van der Waals surface area contributed by atoms with Crippen LogP contribution in [0, 0.1) is 17.8 Å². The molecule has 552 valence electrons. The number of rotatable bonds is 46. The van der Waals surface area contributed by atoms with Crippen molar-refractivity contribution in [3.8, 4) is 5.75 Å². The second kappa shape index (κ2) is 43.6. The van der Waals surface area contributed by atoms with Crippen molar-refractivity contribution in [3.05, 3.63) is 29.8 Å². The van der Waals surface area contributed by atoms with E-state index in [2.05, 4.69) is 47.9 Å². The summed E-state index contributed by atoms with van der Waals surface area (Å²) in [6, 6.07) is -12.7. The molecule has 0 saturated carbocycles. The Morgan fingerprint density at radius 1 is 0.490 bits per heavy atom. The summed E-state index contributed by atoms with van der Waals surface area (Å²) in [5.74, 6) is -16.3. The largest absolute Gasteiger partial charge is 0.508 e. The lowest BCUT2D eigenvalue weighted by Gasteiger charge is -2.31. The van der Waals surface area contributed by atoms with Crippen molar-refractivity contribution in [1.82, 2.24) is 58.1 Å². The van der Waals surface area contributed by atoms with Crippen molar-refractivity contribution in [1.29, 1.82) is 0 Å². The van der Waals surface area contributed by atoms with Crippen LogP contribution >= 0.6 is 0 Å². The zero-order valence-electron chi connectivity index (χ0n) is 56.7. The van der Waals surface area contributed by atoms with E-state index in [4.69, 9.17) is 17.2 Å². The van der Waals surface area contributed by atoms with Crippen molar-refractivity contribution < 1.29 is 103 Å². The van der Waals surface area contributed by atoms with Gasteiger partial charge in [0.25, 0.3) is 0 Å². The maximum absolute atomic E-state index is 14.4. The zero-order valence-corrected chi connectivity index (χ0v) is 56.7. The number of carboxylic acids is 3. The van der Waals surface area contributed by atoms with Crippen LogP contribution < -0.4 is 70.4 Å². The lowest BCUT2D eigenvalue weighted by atomic mass is 9.98. The lowest BCUT2D eigenvalue weighted by Crippen LogP contribution is -2.62. The van der Waals surface area contributed by atoms with Gasteiger partial charge in [-0.05, 0) is 139 Å². The summed E-state index contributed by atoms with van der Waals surface area (Å²) in [5.41, 5.74) is 18.1. The molecule has 0 bridgehead atoms. The summed E-state index contributed by atoms with van der Waals surface area (Å²) >= 11 is 0. The fraction of sp³-hybridized carbons (Fsp3) is 0.683. The number of hydrogen-bond acceptors (Lipinski definition) is 21. The highest BCUT2D eigenvalue weighted by Gasteiger charge is 2.42. The van der Waals surface area contributed by atoms with Crippen molar-refractivity contribution in [2.24, 2.45) is 35.0 Å². The van der Waals surface area contributed by atoms with E-state index in [1.165, 1.54) is 31.2 Å². The van der Waals surface area contributed by atoms with Gasteiger partial charge >= 0.3 is 17.9 Å². The zero-order chi connectivity index (χ0) is 74.1. The Morgan fingerprint density at radius 2 is 0.888 bits per heavy atom. The number of phenols is 1. The van der Waals surface area contributed by atoms with Crippen LogP contribution in [0.4, 0.5) is 0 Å². The van der Waals surface area contributed by atoms with Crippen LogP contribution in [0.25, 0.3) is 0 Å². The summed E-state index contributed by atoms with van der Waals surface area (Å²) in [6.45, 7) is 9.62. The summed E-state index contributed by atoms with van der Waals surface area (Å²) < 4.78 is 0. The van der Waals surface area contributed by atoms with Crippen LogP contribution in [0.3, 0.4) is 0 Å². The molecule has 11 amide bonds. The first-order chi connectivity index (χ1) is 46.1. The van der Waals surface area contributed by atoms with Crippen molar-refractivity contribution in [2.75, 3.05) is 32.8 Å². The Kier molecular flexibility index (Phi) is 38.0. The number of carbonyl (C=O) groups is 14. The number of unbranched alkanes of at least 4 members (excludes halogenated alkanes) is 2. The van der Waals surface area contributed by atoms with Gasteiger partial charge in [-0.2, -0.15) is 0 Å². The number of aliphatic carboxylic acids is 3. The highest BCUT2D eigenvalue weighted by Crippen LogP contribution is 2.22. The molecule has 1 aromatic rings. The molecule has 1 aliphatic heterocycles. The normalized spacial score (nSPS) is 16.6. The molecule has 1 aliphatic rings. The minimum atomic E-state index is -1.92. The van der Waals surface area contributed by atoms with Crippen molar-refractivity contribution in [3.63, 3.8) is 0 Å². The molecule has 13 atom stereocenters. The molecule has 35 nitrogen and oxygen atoms in total. The first-order valence-corrected chi connectivity index (χ1v) is 32.9. The van der Waals surface area contributed by atoms with E-state index in [1.54, 1.807) is 41.5 Å². The van der Waals surface area contributed by atoms with Gasteiger partial charge in [-0.3, -0.25) is 62.3 Å². The molecular formula is C63H104N14O21. The highest BCUT2D eigenvalue weighted by atomic mass is 16.4. The topological polar surface area (TPSA) is 582 Å². The fourth-order valence-electron chi connectivity index (χ4n) is 10.5. The Hall–Kier alpha value is -8.64. The minimum absolute atomic E-state index is 0.0122. The highest BCUT2D eigenvalue weighted by molar-refractivity contribution is 6.00. The summed E-state index contributed by atoms with van der Waals surface area (Å²) in [4.78, 5) is 190. The molecule has 1 saturated heterocycles. The van der Waals surface area contributed by atoms with Crippen LogP contribution in [0.5, 0.6) is 5.75 Å². The molecule has 1 aromatic carbocycles. The van der Waals surface area contributed by atoms with E-state index in [-0.39, 0.29) is 107 Å². The first kappa shape index (κ1) is 85.4. The van der Waals surface area contributed by atoms with Crippen molar-refractivity contribution in [2.45, 2.75) is 223 Å². The predicted octanol–water partition coefficient (Wildman–Crippen LogP) is -4.71. The third-order valence-electron chi connectivity index (χ3n) is 15.7. The molecular weight excluding hydrogens is 1290 g/mol. The maximum atomic E-state index is 14.4. The summed E-state index contributed by atoms with van der Waals surface area (Å²) in [7, 11) is 0. The van der Waals surface area contributed by atoms with Gasteiger partial charge < -0.3 is 111 Å². The van der Waals surface area contributed by atoms with Gasteiger partial charge in [-0.1, -0.05) is 53.7 Å². The van der Waals surface area contributed by atoms with E-state index in [0.29, 0.717) is 18.4 Å². The average Bonchev–Trinajstić information content (AvgIpc) is 1.59. The number of carbonyl (C=O) groups excluding carboxylic acids is 11. The van der Waals surface area contributed by atoms with Crippen LogP contribution in [0.2, 0.25) is 0 Å². The second-order valence-electron chi connectivity index (χ2n) is 25.6. The molecule has 0 aromatic heterocycles. The monoisotopic (exact) mass is 1390 g/mol. The van der Waals surface area contributed by atoms with E-state index in [1.807, 2.05) is 5.32 Å². The second-order valence-corrected chi connectivity index (χ2v) is 25.6. The maximum Gasteiger partial charge on any atom is 0.328 e. The van der Waals surface area contributed by atoms with Gasteiger partial charge in [-0.15, -0.1) is 0 Å². The van der Waals surface area contributed by atoms with Gasteiger partial charge in [0.1, 0.15) is 72.2 Å². The third kappa shape index (κ3) is 30.4. The molecule has 35 heteroatoms. The van der Waals surface area contributed by atoms with Gasteiger partial charge in [0.2, 0.25) is 65.0 Å². The summed E-state index contributed by atoms with van der Waals surface area (Å²) in [5, 5.41) is 93.1. The Balaban J connectivity index is 2.39. The molecule has 0 unspecified atom stereocenters. The minimum Gasteiger partial charge on any atom is -0.508 e. The van der Waals surface area contributed by atoms with Gasteiger partial charge in [0.15, 0.2) is 0 Å². The number of nitrogens with two attached hydrogens (primary N) is 3. The number of benzene rings is 1.